The van der Waals surface area contributed by atoms with Crippen LogP contribution in [-0.4, -0.2) is 17.9 Å². The fourth-order valence-electron chi connectivity index (χ4n) is 2.40. The highest BCUT2D eigenvalue weighted by molar-refractivity contribution is 5.96. The standard InChI is InChI=1S/C21H26N2O3/c1-6-20(24)23-18-12-17(10-9-14(18)3)22-21(25)16(5)26-19-11-13(2)7-8-15(19)4/h7-12,16H,6H2,1-5H3,(H,22,25)(H,23,24). The maximum absolute atomic E-state index is 12.5. The lowest BCUT2D eigenvalue weighted by Gasteiger charge is -2.17. The normalized spacial score (nSPS) is 11.6. The van der Waals surface area contributed by atoms with Crippen LogP contribution in [0.1, 0.15) is 37.0 Å². The summed E-state index contributed by atoms with van der Waals surface area (Å²) in [5, 5.41) is 5.67. The van der Waals surface area contributed by atoms with Crippen molar-refractivity contribution < 1.29 is 14.3 Å². The number of benzene rings is 2. The molecule has 0 spiro atoms. The minimum absolute atomic E-state index is 0.0665. The third-order valence-electron chi connectivity index (χ3n) is 4.12. The highest BCUT2D eigenvalue weighted by Crippen LogP contribution is 2.23. The zero-order valence-corrected chi connectivity index (χ0v) is 16.0. The van der Waals surface area contributed by atoms with Crippen molar-refractivity contribution in [3.63, 3.8) is 0 Å². The minimum Gasteiger partial charge on any atom is -0.481 e. The predicted octanol–water partition coefficient (Wildman–Crippen LogP) is 4.37. The molecule has 0 aliphatic rings. The number of hydrogen-bond acceptors (Lipinski definition) is 3. The first-order valence-electron chi connectivity index (χ1n) is 8.75. The molecule has 0 saturated heterocycles. The van der Waals surface area contributed by atoms with Crippen molar-refractivity contribution in [2.75, 3.05) is 10.6 Å². The Morgan fingerprint density at radius 2 is 1.69 bits per heavy atom. The number of rotatable bonds is 6. The highest BCUT2D eigenvalue weighted by atomic mass is 16.5. The summed E-state index contributed by atoms with van der Waals surface area (Å²) < 4.78 is 5.81. The Hall–Kier alpha value is -2.82. The first kappa shape index (κ1) is 19.5. The van der Waals surface area contributed by atoms with Crippen LogP contribution in [0.3, 0.4) is 0 Å². The number of anilines is 2. The van der Waals surface area contributed by atoms with Crippen molar-refractivity contribution in [2.45, 2.75) is 47.1 Å². The van der Waals surface area contributed by atoms with Crippen molar-refractivity contribution >= 4 is 23.2 Å². The summed E-state index contributed by atoms with van der Waals surface area (Å²) in [5.41, 5.74) is 4.30. The van der Waals surface area contributed by atoms with Crippen LogP contribution in [0.15, 0.2) is 36.4 Å². The molecule has 138 valence electrons. The van der Waals surface area contributed by atoms with Crippen LogP contribution in [-0.2, 0) is 9.59 Å². The molecule has 0 aromatic heterocycles. The number of amides is 2. The summed E-state index contributed by atoms with van der Waals surface area (Å²) in [4.78, 5) is 24.1. The second-order valence-corrected chi connectivity index (χ2v) is 6.45. The van der Waals surface area contributed by atoms with Gasteiger partial charge in [-0.2, -0.15) is 0 Å². The third-order valence-corrected chi connectivity index (χ3v) is 4.12. The average Bonchev–Trinajstić information content (AvgIpc) is 2.60. The molecule has 2 amide bonds. The Morgan fingerprint density at radius 1 is 1.00 bits per heavy atom. The van der Waals surface area contributed by atoms with Gasteiger partial charge in [0.15, 0.2) is 6.10 Å². The van der Waals surface area contributed by atoms with E-state index >= 15 is 0 Å². The smallest absolute Gasteiger partial charge is 0.265 e. The number of hydrogen-bond donors (Lipinski definition) is 2. The Labute approximate surface area is 154 Å². The summed E-state index contributed by atoms with van der Waals surface area (Å²) in [6.07, 6.45) is -0.248. The van der Waals surface area contributed by atoms with Gasteiger partial charge in [0.25, 0.3) is 5.91 Å². The molecule has 0 aliphatic heterocycles. The van der Waals surface area contributed by atoms with Crippen molar-refractivity contribution in [3.05, 3.63) is 53.1 Å². The van der Waals surface area contributed by atoms with Gasteiger partial charge in [0.2, 0.25) is 5.91 Å². The molecule has 1 atom stereocenters. The fourth-order valence-corrected chi connectivity index (χ4v) is 2.40. The molecule has 0 aliphatic carbocycles. The second kappa shape index (κ2) is 8.52. The monoisotopic (exact) mass is 354 g/mol. The van der Waals surface area contributed by atoms with E-state index in [9.17, 15) is 9.59 Å². The summed E-state index contributed by atoms with van der Waals surface area (Å²) >= 11 is 0. The summed E-state index contributed by atoms with van der Waals surface area (Å²) in [6, 6.07) is 11.3. The van der Waals surface area contributed by atoms with Gasteiger partial charge < -0.3 is 15.4 Å². The quantitative estimate of drug-likeness (QED) is 0.809. The first-order valence-corrected chi connectivity index (χ1v) is 8.75. The lowest BCUT2D eigenvalue weighted by molar-refractivity contribution is -0.122. The maximum atomic E-state index is 12.5. The van der Waals surface area contributed by atoms with Gasteiger partial charge in [-0.05, 0) is 62.6 Å². The highest BCUT2D eigenvalue weighted by Gasteiger charge is 2.16. The lowest BCUT2D eigenvalue weighted by Crippen LogP contribution is -2.30. The largest absolute Gasteiger partial charge is 0.481 e. The van der Waals surface area contributed by atoms with Crippen molar-refractivity contribution in [3.8, 4) is 5.75 Å². The van der Waals surface area contributed by atoms with Crippen LogP contribution in [0.4, 0.5) is 11.4 Å². The van der Waals surface area contributed by atoms with Crippen molar-refractivity contribution in [1.29, 1.82) is 0 Å². The van der Waals surface area contributed by atoms with Crippen LogP contribution in [0, 0.1) is 20.8 Å². The van der Waals surface area contributed by atoms with Crippen molar-refractivity contribution in [1.82, 2.24) is 0 Å². The van der Waals surface area contributed by atoms with Crippen LogP contribution in [0.2, 0.25) is 0 Å². The molecule has 5 nitrogen and oxygen atoms in total. The number of aryl methyl sites for hydroxylation is 3. The van der Waals surface area contributed by atoms with Gasteiger partial charge in [-0.1, -0.05) is 25.1 Å². The van der Waals surface area contributed by atoms with Gasteiger partial charge in [0.1, 0.15) is 5.75 Å². The Kier molecular flexibility index (Phi) is 6.39. The summed E-state index contributed by atoms with van der Waals surface area (Å²) in [6.45, 7) is 9.34. The molecule has 1 unspecified atom stereocenters. The van der Waals surface area contributed by atoms with Gasteiger partial charge in [-0.15, -0.1) is 0 Å². The van der Waals surface area contributed by atoms with Crippen LogP contribution >= 0.6 is 0 Å². The molecule has 0 radical (unpaired) electrons. The lowest BCUT2D eigenvalue weighted by atomic mass is 10.1. The van der Waals surface area contributed by atoms with Crippen LogP contribution in [0.25, 0.3) is 0 Å². The molecule has 2 N–H and O–H groups in total. The van der Waals surface area contributed by atoms with Gasteiger partial charge in [0, 0.05) is 17.8 Å². The van der Waals surface area contributed by atoms with E-state index < -0.39 is 6.10 Å². The van der Waals surface area contributed by atoms with E-state index in [0.717, 1.165) is 16.7 Å². The van der Waals surface area contributed by atoms with E-state index in [1.807, 2.05) is 45.0 Å². The maximum Gasteiger partial charge on any atom is 0.265 e. The fraction of sp³-hybridized carbons (Fsp3) is 0.333. The molecule has 26 heavy (non-hydrogen) atoms. The second-order valence-electron chi connectivity index (χ2n) is 6.45. The molecule has 0 saturated carbocycles. The van der Waals surface area contributed by atoms with Crippen LogP contribution < -0.4 is 15.4 Å². The number of nitrogens with one attached hydrogen (secondary N) is 2. The molecule has 0 heterocycles. The van der Waals surface area contributed by atoms with Crippen LogP contribution in [0.5, 0.6) is 5.75 Å². The van der Waals surface area contributed by atoms with Crippen molar-refractivity contribution in [2.24, 2.45) is 0 Å². The Balaban J connectivity index is 2.07. The zero-order chi connectivity index (χ0) is 19.3. The molecule has 0 fully saturated rings. The van der Waals surface area contributed by atoms with E-state index in [4.69, 9.17) is 4.74 Å². The van der Waals surface area contributed by atoms with E-state index in [2.05, 4.69) is 10.6 Å². The Morgan fingerprint density at radius 3 is 2.38 bits per heavy atom. The number of carbonyl (C=O) groups is 2. The van der Waals surface area contributed by atoms with E-state index in [1.165, 1.54) is 0 Å². The molecule has 0 bridgehead atoms. The molecule has 2 aromatic rings. The van der Waals surface area contributed by atoms with E-state index in [1.54, 1.807) is 26.0 Å². The molecule has 2 aromatic carbocycles. The van der Waals surface area contributed by atoms with Gasteiger partial charge in [-0.25, -0.2) is 0 Å². The third kappa shape index (κ3) is 5.09. The summed E-state index contributed by atoms with van der Waals surface area (Å²) in [5.74, 6) is 0.387. The summed E-state index contributed by atoms with van der Waals surface area (Å²) in [7, 11) is 0. The molecule has 2 rings (SSSR count). The molecular formula is C21H26N2O3. The number of carbonyl (C=O) groups excluding carboxylic acids is 2. The Bertz CT molecular complexity index is 815. The molecular weight excluding hydrogens is 328 g/mol. The number of ether oxygens (including phenoxy) is 1. The first-order chi connectivity index (χ1) is 12.3. The van der Waals surface area contributed by atoms with E-state index in [-0.39, 0.29) is 11.8 Å². The van der Waals surface area contributed by atoms with E-state index in [0.29, 0.717) is 23.5 Å². The topological polar surface area (TPSA) is 67.4 Å². The molecule has 5 heteroatoms. The average molecular weight is 354 g/mol. The zero-order valence-electron chi connectivity index (χ0n) is 16.0. The van der Waals surface area contributed by atoms with Gasteiger partial charge >= 0.3 is 0 Å². The van der Waals surface area contributed by atoms with Gasteiger partial charge in [0.05, 0.1) is 0 Å². The minimum atomic E-state index is -0.648. The predicted molar refractivity (Wildman–Crippen MR) is 105 cm³/mol. The van der Waals surface area contributed by atoms with Gasteiger partial charge in [-0.3, -0.25) is 9.59 Å². The SMILES string of the molecule is CCC(=O)Nc1cc(NC(=O)C(C)Oc2cc(C)ccc2C)ccc1C.